The van der Waals surface area contributed by atoms with Crippen molar-refractivity contribution in [3.05, 3.63) is 93.3 Å². The van der Waals surface area contributed by atoms with Crippen LogP contribution < -0.4 is 19.1 Å². The molecule has 5 atom stereocenters. The van der Waals surface area contributed by atoms with Crippen LogP contribution in [0, 0.1) is 53.4 Å². The number of phenols is 2. The summed E-state index contributed by atoms with van der Waals surface area (Å²) >= 11 is 0. The normalized spacial score (nSPS) is 20.0. The van der Waals surface area contributed by atoms with Crippen molar-refractivity contribution in [2.45, 2.75) is 87.3 Å². The Balaban J connectivity index is 1.38. The Hall–Kier alpha value is -5.33. The van der Waals surface area contributed by atoms with Gasteiger partial charge >= 0.3 is 11.9 Å². The number of carbonyl (C=O) groups excluding carboxylic acids is 3. The van der Waals surface area contributed by atoms with E-state index >= 15 is 0 Å². The number of aliphatic hydroxyl groups is 1. The van der Waals surface area contributed by atoms with Gasteiger partial charge in [0.1, 0.15) is 40.3 Å². The van der Waals surface area contributed by atoms with Crippen LogP contribution >= 0.6 is 0 Å². The lowest BCUT2D eigenvalue weighted by atomic mass is 9.61. The SMILES string of the molecule is CCN(CC)c1ccc(C2C(=O)C(C3C=CC(N(CC)CC)C=C3OC(=O)COc3cc(C)c(O)c(C)c3C)C2O)c(OC(=O)COc2cc(C)c(O)c(C)c2C)c1. The maximum Gasteiger partial charge on any atom is 0.349 e. The van der Waals surface area contributed by atoms with Gasteiger partial charge in [0.25, 0.3) is 0 Å². The standard InChI is InChI=1S/C46H58N2O10/c1-11-47(12-2)31-15-17-33(37(21-31)57-39(49)23-55-35-19-25(5)43(51)29(9)27(35)7)41-45(53)42(46(41)54)34-18-16-32(48(13-3)14-4)22-38(34)58-40(50)24-56-36-20-26(6)44(52)30(10)28(36)8/h15-22,31,33,41-42,45,51-53H,11-14,23-24H2,1-10H3. The number of aliphatic hydroxyl groups excluding tert-OH is 1. The summed E-state index contributed by atoms with van der Waals surface area (Å²) in [6, 6.07) is 8.39. The summed E-state index contributed by atoms with van der Waals surface area (Å²) < 4.78 is 23.6. The number of nitrogens with zero attached hydrogens (tertiary/aromatic N) is 2. The molecule has 3 N–H and O–H groups in total. The van der Waals surface area contributed by atoms with Gasteiger partial charge in [-0.25, -0.2) is 9.59 Å². The van der Waals surface area contributed by atoms with Gasteiger partial charge < -0.3 is 39.2 Å². The van der Waals surface area contributed by atoms with Crippen molar-refractivity contribution in [2.24, 2.45) is 11.8 Å². The smallest absolute Gasteiger partial charge is 0.349 e. The fraction of sp³-hybridized carbons (Fsp3) is 0.457. The predicted octanol–water partition coefficient (Wildman–Crippen LogP) is 6.82. The molecule has 1 fully saturated rings. The second-order valence-corrected chi connectivity index (χ2v) is 15.1. The zero-order chi connectivity index (χ0) is 42.6. The lowest BCUT2D eigenvalue weighted by molar-refractivity contribution is -0.151. The minimum absolute atomic E-state index is 0.138. The summed E-state index contributed by atoms with van der Waals surface area (Å²) in [5, 5.41) is 32.5. The van der Waals surface area contributed by atoms with Crippen LogP contribution in [0.5, 0.6) is 28.7 Å². The number of likely N-dealkylation sites (N-methyl/N-ethyl adjacent to an activating group) is 1. The highest BCUT2D eigenvalue weighted by Crippen LogP contribution is 2.49. The molecule has 12 heteroatoms. The number of esters is 2. The Labute approximate surface area is 341 Å². The van der Waals surface area contributed by atoms with E-state index in [4.69, 9.17) is 18.9 Å². The number of ether oxygens (including phenoxy) is 4. The number of aromatic hydroxyl groups is 2. The van der Waals surface area contributed by atoms with Crippen molar-refractivity contribution >= 4 is 23.4 Å². The number of anilines is 1. The topological polar surface area (TPSA) is 155 Å². The second-order valence-electron chi connectivity index (χ2n) is 15.1. The highest BCUT2D eigenvalue weighted by Gasteiger charge is 2.55. The van der Waals surface area contributed by atoms with Gasteiger partial charge in [-0.1, -0.05) is 32.1 Å². The molecule has 0 aromatic heterocycles. The summed E-state index contributed by atoms with van der Waals surface area (Å²) in [5.74, 6) is -2.77. The summed E-state index contributed by atoms with van der Waals surface area (Å²) in [6.07, 6.45) is 4.39. The third kappa shape index (κ3) is 8.88. The predicted molar refractivity (Wildman–Crippen MR) is 222 cm³/mol. The molecule has 3 aromatic carbocycles. The van der Waals surface area contributed by atoms with E-state index in [1.807, 2.05) is 52.0 Å². The third-order valence-corrected chi connectivity index (χ3v) is 11.8. The van der Waals surface area contributed by atoms with Crippen molar-refractivity contribution in [1.29, 1.82) is 0 Å². The molecule has 5 rings (SSSR count). The largest absolute Gasteiger partial charge is 0.507 e. The van der Waals surface area contributed by atoms with Gasteiger partial charge in [-0.15, -0.1) is 0 Å². The van der Waals surface area contributed by atoms with E-state index in [0.29, 0.717) is 63.5 Å². The molecular formula is C46H58N2O10. The van der Waals surface area contributed by atoms with Crippen LogP contribution in [0.1, 0.15) is 72.6 Å². The number of benzene rings is 3. The maximum absolute atomic E-state index is 14.3. The third-order valence-electron chi connectivity index (χ3n) is 11.8. The molecule has 3 aromatic rings. The fourth-order valence-corrected chi connectivity index (χ4v) is 7.90. The monoisotopic (exact) mass is 798 g/mol. The average molecular weight is 799 g/mol. The quantitative estimate of drug-likeness (QED) is 0.0791. The van der Waals surface area contributed by atoms with Crippen molar-refractivity contribution in [2.75, 3.05) is 44.3 Å². The first-order valence-corrected chi connectivity index (χ1v) is 20.1. The summed E-state index contributed by atoms with van der Waals surface area (Å²) in [4.78, 5) is 45.2. The van der Waals surface area contributed by atoms with Gasteiger partial charge in [0.15, 0.2) is 13.2 Å². The van der Waals surface area contributed by atoms with E-state index in [1.54, 1.807) is 65.8 Å². The van der Waals surface area contributed by atoms with Crippen molar-refractivity contribution < 1.29 is 48.7 Å². The van der Waals surface area contributed by atoms with Crippen LogP contribution in [0.2, 0.25) is 0 Å². The number of allylic oxidation sites excluding steroid dienone is 1. The lowest BCUT2D eigenvalue weighted by Crippen LogP contribution is -2.54. The highest BCUT2D eigenvalue weighted by atomic mass is 16.6. The van der Waals surface area contributed by atoms with Gasteiger partial charge in [-0.2, -0.15) is 0 Å². The number of rotatable bonds is 16. The van der Waals surface area contributed by atoms with Gasteiger partial charge in [-0.3, -0.25) is 9.69 Å². The summed E-state index contributed by atoms with van der Waals surface area (Å²) in [6.45, 7) is 20.7. The maximum atomic E-state index is 14.3. The number of phenolic OH excluding ortho intramolecular Hbond substituents is 2. The first kappa shape index (κ1) is 43.8. The Morgan fingerprint density at radius 1 is 0.690 bits per heavy atom. The molecule has 0 bridgehead atoms. The minimum Gasteiger partial charge on any atom is -0.507 e. The minimum atomic E-state index is -1.20. The Kier molecular flexibility index (Phi) is 14.0. The first-order chi connectivity index (χ1) is 27.6. The van der Waals surface area contributed by atoms with Crippen molar-refractivity contribution in [3.63, 3.8) is 0 Å². The Morgan fingerprint density at radius 2 is 1.22 bits per heavy atom. The van der Waals surface area contributed by atoms with Crippen LogP contribution in [-0.4, -0.2) is 89.5 Å². The van der Waals surface area contributed by atoms with E-state index in [2.05, 4.69) is 9.80 Å². The van der Waals surface area contributed by atoms with Crippen LogP contribution in [0.15, 0.2) is 54.3 Å². The number of hydrogen-bond donors (Lipinski definition) is 3. The Bertz CT molecular complexity index is 2100. The van der Waals surface area contributed by atoms with Crippen LogP contribution in [0.4, 0.5) is 5.69 Å². The van der Waals surface area contributed by atoms with Gasteiger partial charge in [-0.05, 0) is 126 Å². The van der Waals surface area contributed by atoms with Crippen LogP contribution in [0.25, 0.3) is 0 Å². The molecule has 0 heterocycles. The molecule has 5 unspecified atom stereocenters. The highest BCUT2D eigenvalue weighted by molar-refractivity contribution is 5.97. The number of ketones is 1. The van der Waals surface area contributed by atoms with Crippen LogP contribution in [-0.2, 0) is 19.1 Å². The first-order valence-electron chi connectivity index (χ1n) is 20.1. The van der Waals surface area contributed by atoms with Gasteiger partial charge in [0, 0.05) is 42.4 Å². The molecule has 0 saturated heterocycles. The zero-order valence-corrected chi connectivity index (χ0v) is 35.3. The lowest BCUT2D eigenvalue weighted by Gasteiger charge is -2.44. The van der Waals surface area contributed by atoms with E-state index in [9.17, 15) is 29.7 Å². The molecule has 312 valence electrons. The summed E-state index contributed by atoms with van der Waals surface area (Å²) in [7, 11) is 0. The molecular weight excluding hydrogens is 741 g/mol. The molecule has 2 aliphatic carbocycles. The number of carbonyl (C=O) groups is 3. The molecule has 0 aliphatic heterocycles. The molecule has 0 radical (unpaired) electrons. The summed E-state index contributed by atoms with van der Waals surface area (Å²) in [5.41, 5.74) is 5.06. The molecule has 0 spiro atoms. The zero-order valence-electron chi connectivity index (χ0n) is 35.3. The van der Waals surface area contributed by atoms with Crippen molar-refractivity contribution in [1.82, 2.24) is 4.90 Å². The second kappa shape index (κ2) is 18.5. The number of hydrogen-bond acceptors (Lipinski definition) is 12. The fourth-order valence-electron chi connectivity index (χ4n) is 7.90. The van der Waals surface area contributed by atoms with Crippen molar-refractivity contribution in [3.8, 4) is 28.7 Å². The number of aryl methyl sites for hydroxylation is 2. The van der Waals surface area contributed by atoms with E-state index in [-0.39, 0.29) is 34.8 Å². The van der Waals surface area contributed by atoms with Gasteiger partial charge in [0.2, 0.25) is 0 Å². The van der Waals surface area contributed by atoms with E-state index in [0.717, 1.165) is 18.8 Å². The molecule has 1 saturated carbocycles. The molecule has 58 heavy (non-hydrogen) atoms. The van der Waals surface area contributed by atoms with Crippen LogP contribution in [0.3, 0.4) is 0 Å². The van der Waals surface area contributed by atoms with E-state index in [1.165, 1.54) is 0 Å². The molecule has 12 nitrogen and oxygen atoms in total. The molecule has 2 aliphatic rings. The van der Waals surface area contributed by atoms with Gasteiger partial charge in [0.05, 0.1) is 17.9 Å². The molecule has 0 amide bonds. The Morgan fingerprint density at radius 3 is 1.72 bits per heavy atom. The number of Topliss-reactive ketones (excluding diaryl/α,β-unsaturated/α-hetero) is 1. The van der Waals surface area contributed by atoms with E-state index < -0.39 is 49.0 Å². The average Bonchev–Trinajstić information content (AvgIpc) is 3.20.